The van der Waals surface area contributed by atoms with Gasteiger partial charge >= 0.3 is 0 Å². The normalized spacial score (nSPS) is 13.0. The van der Waals surface area contributed by atoms with E-state index in [9.17, 15) is 0 Å². The van der Waals surface area contributed by atoms with Crippen molar-refractivity contribution in [2.45, 2.75) is 73.4 Å². The molecular weight excluding hydrogens is 427 g/mol. The Morgan fingerprint density at radius 1 is 1.16 bits per heavy atom. The fourth-order valence-electron chi connectivity index (χ4n) is 2.35. The molecule has 0 bridgehead atoms. The van der Waals surface area contributed by atoms with Crippen LogP contribution in [0.2, 0.25) is 0 Å². The minimum absolute atomic E-state index is 0. The molecule has 0 aliphatic heterocycles. The number of halogens is 1. The van der Waals surface area contributed by atoms with Crippen LogP contribution in [0.1, 0.15) is 60.2 Å². The molecule has 1 unspecified atom stereocenters. The van der Waals surface area contributed by atoms with Crippen molar-refractivity contribution in [3.05, 3.63) is 12.2 Å². The van der Waals surface area contributed by atoms with E-state index in [-0.39, 0.29) is 24.0 Å². The maximum absolute atomic E-state index is 4.71. The molecule has 1 heterocycles. The highest BCUT2D eigenvalue weighted by Gasteiger charge is 2.08. The average molecular weight is 464 g/mol. The van der Waals surface area contributed by atoms with Crippen LogP contribution in [0, 0.1) is 11.8 Å². The topological polar surface area (TPSA) is 67.1 Å². The number of nitrogens with zero attached hydrogens (tertiary/aromatic N) is 4. The largest absolute Gasteiger partial charge is 0.355 e. The Balaban J connectivity index is 0.00000576. The molecule has 146 valence electrons. The summed E-state index contributed by atoms with van der Waals surface area (Å²) < 4.78 is 2.09. The summed E-state index contributed by atoms with van der Waals surface area (Å²) in [5, 5.41) is 15.1. The van der Waals surface area contributed by atoms with Crippen LogP contribution in [-0.4, -0.2) is 39.9 Å². The van der Waals surface area contributed by atoms with E-state index < -0.39 is 0 Å². The zero-order valence-electron chi connectivity index (χ0n) is 16.7. The van der Waals surface area contributed by atoms with Crippen molar-refractivity contribution in [3.63, 3.8) is 0 Å². The van der Waals surface area contributed by atoms with Crippen LogP contribution in [0.25, 0.3) is 0 Å². The summed E-state index contributed by atoms with van der Waals surface area (Å²) in [7, 11) is 0. The summed E-state index contributed by atoms with van der Waals surface area (Å²) in [6, 6.07) is 0.423. The first kappa shape index (κ1) is 24.1. The van der Waals surface area contributed by atoms with Gasteiger partial charge < -0.3 is 15.2 Å². The molecule has 1 atom stereocenters. The highest BCUT2D eigenvalue weighted by Crippen LogP contribution is 2.06. The molecule has 25 heavy (non-hydrogen) atoms. The van der Waals surface area contributed by atoms with Crippen molar-refractivity contribution in [2.24, 2.45) is 16.8 Å². The molecule has 6 nitrogen and oxygen atoms in total. The number of guanidine groups is 1. The molecule has 1 aromatic rings. The fourth-order valence-corrected chi connectivity index (χ4v) is 2.35. The monoisotopic (exact) mass is 464 g/mol. The summed E-state index contributed by atoms with van der Waals surface area (Å²) in [5.74, 6) is 3.22. The summed E-state index contributed by atoms with van der Waals surface area (Å²) in [5.41, 5.74) is 0. The Hall–Kier alpha value is -0.860. The van der Waals surface area contributed by atoms with Crippen molar-refractivity contribution < 1.29 is 0 Å². The first-order chi connectivity index (χ1) is 11.4. The molecule has 2 N–H and O–H groups in total. The van der Waals surface area contributed by atoms with E-state index in [1.807, 2.05) is 0 Å². The van der Waals surface area contributed by atoms with Gasteiger partial charge in [-0.05, 0) is 31.6 Å². The molecule has 0 aromatic carbocycles. The molecule has 0 aliphatic carbocycles. The van der Waals surface area contributed by atoms with Gasteiger partial charge in [0, 0.05) is 32.1 Å². The smallest absolute Gasteiger partial charge is 0.191 e. The van der Waals surface area contributed by atoms with Gasteiger partial charge in [-0.2, -0.15) is 0 Å². The second-order valence-electron chi connectivity index (χ2n) is 7.32. The summed E-state index contributed by atoms with van der Waals surface area (Å²) in [6.07, 6.45) is 5.08. The second kappa shape index (κ2) is 13.4. The van der Waals surface area contributed by atoms with Gasteiger partial charge in [0.2, 0.25) is 0 Å². The van der Waals surface area contributed by atoms with Crippen molar-refractivity contribution in [1.29, 1.82) is 0 Å². The van der Waals surface area contributed by atoms with E-state index in [1.54, 1.807) is 6.33 Å². The predicted octanol–water partition coefficient (Wildman–Crippen LogP) is 3.47. The number of nitrogens with one attached hydrogen (secondary N) is 2. The van der Waals surface area contributed by atoms with Gasteiger partial charge in [-0.3, -0.25) is 4.99 Å². The quantitative estimate of drug-likeness (QED) is 0.316. The standard InChI is InChI=1S/C18H36N6.HI/c1-7-17-23-21-13-24(17)11-10-19-18(20-12-15(4)5)22-16(6)9-8-14(2)3;/h13-16H,7-12H2,1-6H3,(H2,19,20,22);1H. The van der Waals surface area contributed by atoms with Gasteiger partial charge in [0.05, 0.1) is 0 Å². The highest BCUT2D eigenvalue weighted by atomic mass is 127. The first-order valence-corrected chi connectivity index (χ1v) is 9.33. The minimum atomic E-state index is 0. The Morgan fingerprint density at radius 3 is 2.48 bits per heavy atom. The predicted molar refractivity (Wildman–Crippen MR) is 117 cm³/mol. The Morgan fingerprint density at radius 2 is 1.88 bits per heavy atom. The average Bonchev–Trinajstić information content (AvgIpc) is 2.97. The molecule has 0 saturated carbocycles. The third-order valence-electron chi connectivity index (χ3n) is 3.83. The lowest BCUT2D eigenvalue weighted by atomic mass is 10.0. The van der Waals surface area contributed by atoms with E-state index in [2.05, 4.69) is 66.9 Å². The Labute approximate surface area is 170 Å². The minimum Gasteiger partial charge on any atom is -0.355 e. The van der Waals surface area contributed by atoms with Crippen molar-refractivity contribution in [1.82, 2.24) is 25.4 Å². The van der Waals surface area contributed by atoms with Crippen LogP contribution in [0.4, 0.5) is 0 Å². The van der Waals surface area contributed by atoms with Gasteiger partial charge in [0.15, 0.2) is 5.96 Å². The number of aryl methyl sites for hydroxylation is 1. The van der Waals surface area contributed by atoms with Crippen molar-refractivity contribution in [2.75, 3.05) is 13.1 Å². The van der Waals surface area contributed by atoms with Gasteiger partial charge in [-0.15, -0.1) is 34.2 Å². The van der Waals surface area contributed by atoms with E-state index >= 15 is 0 Å². The van der Waals surface area contributed by atoms with E-state index in [0.29, 0.717) is 12.0 Å². The maximum Gasteiger partial charge on any atom is 0.191 e. The molecule has 7 heteroatoms. The molecule has 0 radical (unpaired) electrons. The van der Waals surface area contributed by atoms with Gasteiger partial charge in [-0.25, -0.2) is 0 Å². The molecule has 0 fully saturated rings. The SMILES string of the molecule is CCc1nncn1CCNC(=NCC(C)C)NC(C)CCC(C)C.I. The maximum atomic E-state index is 4.71. The number of hydrogen-bond acceptors (Lipinski definition) is 3. The molecule has 1 rings (SSSR count). The lowest BCUT2D eigenvalue weighted by molar-refractivity contribution is 0.487. The van der Waals surface area contributed by atoms with Crippen LogP contribution in [0.3, 0.4) is 0 Å². The molecule has 1 aromatic heterocycles. The Kier molecular flexibility index (Phi) is 12.9. The van der Waals surface area contributed by atoms with Crippen LogP contribution in [0.5, 0.6) is 0 Å². The van der Waals surface area contributed by atoms with Crippen molar-refractivity contribution >= 4 is 29.9 Å². The molecule has 0 saturated heterocycles. The van der Waals surface area contributed by atoms with Crippen LogP contribution in [0.15, 0.2) is 11.3 Å². The van der Waals surface area contributed by atoms with Gasteiger partial charge in [-0.1, -0.05) is 34.6 Å². The second-order valence-corrected chi connectivity index (χ2v) is 7.32. The molecule has 0 amide bonds. The summed E-state index contributed by atoms with van der Waals surface area (Å²) in [6.45, 7) is 15.7. The fraction of sp³-hybridized carbons (Fsp3) is 0.833. The summed E-state index contributed by atoms with van der Waals surface area (Å²) in [4.78, 5) is 4.71. The van der Waals surface area contributed by atoms with E-state index in [4.69, 9.17) is 4.99 Å². The highest BCUT2D eigenvalue weighted by molar-refractivity contribution is 14.0. The first-order valence-electron chi connectivity index (χ1n) is 9.33. The molecule has 0 spiro atoms. The van der Waals surface area contributed by atoms with Crippen molar-refractivity contribution in [3.8, 4) is 0 Å². The Bertz CT molecular complexity index is 484. The number of hydrogen-bond donors (Lipinski definition) is 2. The van der Waals surface area contributed by atoms with Gasteiger partial charge in [0.25, 0.3) is 0 Å². The number of aromatic nitrogens is 3. The van der Waals surface area contributed by atoms with E-state index in [0.717, 1.165) is 50.2 Å². The zero-order chi connectivity index (χ0) is 17.9. The summed E-state index contributed by atoms with van der Waals surface area (Å²) >= 11 is 0. The number of rotatable bonds is 10. The van der Waals surface area contributed by atoms with Crippen LogP contribution >= 0.6 is 24.0 Å². The zero-order valence-corrected chi connectivity index (χ0v) is 19.1. The van der Waals surface area contributed by atoms with Crippen LogP contribution in [-0.2, 0) is 13.0 Å². The lowest BCUT2D eigenvalue weighted by Gasteiger charge is -2.19. The third-order valence-corrected chi connectivity index (χ3v) is 3.83. The third kappa shape index (κ3) is 10.7. The van der Waals surface area contributed by atoms with Crippen LogP contribution < -0.4 is 10.6 Å². The number of aliphatic imine (C=N–C) groups is 1. The molecule has 0 aliphatic rings. The van der Waals surface area contributed by atoms with E-state index in [1.165, 1.54) is 6.42 Å². The molecular formula is C18H37IN6. The lowest BCUT2D eigenvalue weighted by Crippen LogP contribution is -2.43. The van der Waals surface area contributed by atoms with Gasteiger partial charge in [0.1, 0.15) is 12.2 Å².